The molecule has 0 saturated carbocycles. The molecule has 2 heterocycles. The summed E-state index contributed by atoms with van der Waals surface area (Å²) < 4.78 is 62.0. The number of halogens is 3. The van der Waals surface area contributed by atoms with Crippen molar-refractivity contribution in [3.05, 3.63) is 28.1 Å². The monoisotopic (exact) mass is 440 g/mol. The second kappa shape index (κ2) is 6.43. The fourth-order valence-corrected chi connectivity index (χ4v) is 5.90. The van der Waals surface area contributed by atoms with Crippen LogP contribution < -0.4 is 4.90 Å². The van der Waals surface area contributed by atoms with Crippen LogP contribution in [0.4, 0.5) is 18.9 Å². The normalized spacial score (nSPS) is 21.0. The molecule has 0 unspecified atom stereocenters. The summed E-state index contributed by atoms with van der Waals surface area (Å²) in [6.45, 7) is 2.20. The first-order valence-electron chi connectivity index (χ1n) is 7.14. The van der Waals surface area contributed by atoms with Crippen molar-refractivity contribution in [1.29, 1.82) is 0 Å². The van der Waals surface area contributed by atoms with Crippen molar-refractivity contribution in [1.82, 2.24) is 4.90 Å². The fraction of sp³-hybridized carbons (Fsp3) is 0.286. The number of fused-ring (bicyclic) bond motifs is 1. The minimum Gasteiger partial charge on any atom is -0.337 e. The molecule has 2 aliphatic heterocycles. The SMILES string of the molecule is CCN1C(=O)C(=C2Sc3ccc(S(=O)(=O)C(F)(F)F)cc3N2C)SC1=S. The number of hydrogen-bond donors (Lipinski definition) is 0. The standard InChI is InChI=1S/C14H11F3N2O3S4/c1-3-19-11(20)10(25-13(19)23)12-18(2)8-6-7(4-5-9(8)24-12)26(21,22)14(15,16)17/h4-6H,3H2,1-2H3. The molecule has 3 rings (SSSR count). The third kappa shape index (κ3) is 2.92. The highest BCUT2D eigenvalue weighted by Crippen LogP contribution is 2.50. The van der Waals surface area contributed by atoms with Crippen LogP contribution in [0, 0.1) is 0 Å². The van der Waals surface area contributed by atoms with E-state index in [2.05, 4.69) is 0 Å². The van der Waals surface area contributed by atoms with Crippen LogP contribution in [0.5, 0.6) is 0 Å². The molecule has 1 aromatic carbocycles. The molecule has 2 aliphatic rings. The fourth-order valence-electron chi connectivity index (χ4n) is 2.43. The summed E-state index contributed by atoms with van der Waals surface area (Å²) in [6, 6.07) is 3.20. The Morgan fingerprint density at radius 2 is 1.88 bits per heavy atom. The van der Waals surface area contributed by atoms with Crippen molar-refractivity contribution in [3.63, 3.8) is 0 Å². The largest absolute Gasteiger partial charge is 0.501 e. The molecule has 0 spiro atoms. The van der Waals surface area contributed by atoms with E-state index in [9.17, 15) is 26.4 Å². The number of hydrogen-bond acceptors (Lipinski definition) is 7. The lowest BCUT2D eigenvalue weighted by atomic mass is 10.3. The van der Waals surface area contributed by atoms with E-state index in [-0.39, 0.29) is 11.6 Å². The van der Waals surface area contributed by atoms with E-state index in [0.717, 1.165) is 23.9 Å². The zero-order valence-corrected chi connectivity index (χ0v) is 16.6. The number of carbonyl (C=O) groups is 1. The molecule has 1 aromatic rings. The van der Waals surface area contributed by atoms with E-state index in [1.165, 1.54) is 27.6 Å². The smallest absolute Gasteiger partial charge is 0.337 e. The van der Waals surface area contributed by atoms with Crippen molar-refractivity contribution in [2.45, 2.75) is 22.2 Å². The molecule has 26 heavy (non-hydrogen) atoms. The predicted octanol–water partition coefficient (Wildman–Crippen LogP) is 3.57. The first kappa shape index (κ1) is 19.5. The van der Waals surface area contributed by atoms with Gasteiger partial charge >= 0.3 is 5.51 Å². The molecule has 5 nitrogen and oxygen atoms in total. The van der Waals surface area contributed by atoms with Crippen LogP contribution >= 0.6 is 35.7 Å². The molecular weight excluding hydrogens is 429 g/mol. The first-order chi connectivity index (χ1) is 12.0. The number of nitrogens with zero attached hydrogens (tertiary/aromatic N) is 2. The molecule has 1 fully saturated rings. The number of thiocarbonyl (C=S) groups is 1. The third-order valence-electron chi connectivity index (χ3n) is 3.78. The van der Waals surface area contributed by atoms with Gasteiger partial charge in [0.25, 0.3) is 15.7 Å². The molecule has 0 atom stereocenters. The number of likely N-dealkylation sites (N-methyl/N-ethyl adjacent to an activating group) is 1. The zero-order chi connectivity index (χ0) is 19.4. The topological polar surface area (TPSA) is 57.7 Å². The Kier molecular flexibility index (Phi) is 4.83. The maximum Gasteiger partial charge on any atom is 0.501 e. The van der Waals surface area contributed by atoms with Gasteiger partial charge in [0.1, 0.15) is 9.23 Å². The maximum atomic E-state index is 12.8. The van der Waals surface area contributed by atoms with Crippen molar-refractivity contribution in [2.75, 3.05) is 18.5 Å². The second-order valence-corrected chi connectivity index (χ2v) is 9.91. The van der Waals surface area contributed by atoms with Gasteiger partial charge in [-0.25, -0.2) is 8.42 Å². The van der Waals surface area contributed by atoms with Crippen LogP contribution in [0.1, 0.15) is 6.92 Å². The lowest BCUT2D eigenvalue weighted by Gasteiger charge is -2.16. The number of benzene rings is 1. The van der Waals surface area contributed by atoms with Gasteiger partial charge < -0.3 is 4.90 Å². The van der Waals surface area contributed by atoms with Crippen molar-refractivity contribution in [2.24, 2.45) is 0 Å². The van der Waals surface area contributed by atoms with Gasteiger partial charge in [-0.3, -0.25) is 9.69 Å². The summed E-state index contributed by atoms with van der Waals surface area (Å²) in [4.78, 5) is 15.5. The average Bonchev–Trinajstić information content (AvgIpc) is 3.02. The summed E-state index contributed by atoms with van der Waals surface area (Å²) in [5.41, 5.74) is -5.09. The third-order valence-corrected chi connectivity index (χ3v) is 8.06. The van der Waals surface area contributed by atoms with Gasteiger partial charge in [-0.2, -0.15) is 13.2 Å². The predicted molar refractivity (Wildman–Crippen MR) is 98.5 cm³/mol. The highest BCUT2D eigenvalue weighted by molar-refractivity contribution is 8.27. The Morgan fingerprint density at radius 3 is 2.42 bits per heavy atom. The number of amides is 1. The number of thioether (sulfide) groups is 2. The van der Waals surface area contributed by atoms with Crippen LogP contribution in [0.25, 0.3) is 0 Å². The zero-order valence-electron chi connectivity index (χ0n) is 13.3. The summed E-state index contributed by atoms with van der Waals surface area (Å²) in [5.74, 6) is -0.271. The van der Waals surface area contributed by atoms with Crippen LogP contribution in [0.15, 0.2) is 37.9 Å². The summed E-state index contributed by atoms with van der Waals surface area (Å²) in [7, 11) is -3.88. The second-order valence-electron chi connectivity index (χ2n) is 5.29. The van der Waals surface area contributed by atoms with E-state index in [1.807, 2.05) is 0 Å². The van der Waals surface area contributed by atoms with Crippen molar-refractivity contribution >= 4 is 61.5 Å². The van der Waals surface area contributed by atoms with Crippen LogP contribution in [-0.4, -0.2) is 42.6 Å². The van der Waals surface area contributed by atoms with Gasteiger partial charge in [0.05, 0.1) is 15.6 Å². The Hall–Kier alpha value is -1.24. The van der Waals surface area contributed by atoms with Gasteiger partial charge in [-0.15, -0.1) is 0 Å². The highest BCUT2D eigenvalue weighted by Gasteiger charge is 2.47. The number of carbonyl (C=O) groups excluding carboxylic acids is 1. The molecule has 0 bridgehead atoms. The summed E-state index contributed by atoms with van der Waals surface area (Å²) in [5, 5.41) is 0.509. The van der Waals surface area contributed by atoms with E-state index < -0.39 is 20.2 Å². The van der Waals surface area contributed by atoms with E-state index in [4.69, 9.17) is 12.2 Å². The van der Waals surface area contributed by atoms with E-state index in [1.54, 1.807) is 14.0 Å². The molecule has 1 saturated heterocycles. The van der Waals surface area contributed by atoms with Crippen LogP contribution in [0.2, 0.25) is 0 Å². The Morgan fingerprint density at radius 1 is 1.23 bits per heavy atom. The van der Waals surface area contributed by atoms with Gasteiger partial charge in [0.15, 0.2) is 0 Å². The number of anilines is 1. The lowest BCUT2D eigenvalue weighted by Crippen LogP contribution is -2.28. The van der Waals surface area contributed by atoms with Gasteiger partial charge in [-0.05, 0) is 25.1 Å². The first-order valence-corrected chi connectivity index (χ1v) is 10.7. The van der Waals surface area contributed by atoms with Gasteiger partial charge in [0, 0.05) is 18.5 Å². The Labute approximate surface area is 161 Å². The van der Waals surface area contributed by atoms with Crippen molar-refractivity contribution < 1.29 is 26.4 Å². The van der Waals surface area contributed by atoms with Gasteiger partial charge in [0.2, 0.25) is 0 Å². The minimum atomic E-state index is -5.44. The molecule has 1 amide bonds. The average molecular weight is 441 g/mol. The molecule has 0 aromatic heterocycles. The van der Waals surface area contributed by atoms with Crippen LogP contribution in [-0.2, 0) is 14.6 Å². The number of sulfone groups is 1. The maximum absolute atomic E-state index is 12.8. The quantitative estimate of drug-likeness (QED) is 0.515. The van der Waals surface area contributed by atoms with E-state index in [0.29, 0.717) is 25.7 Å². The Bertz CT molecular complexity index is 957. The van der Waals surface area contributed by atoms with E-state index >= 15 is 0 Å². The molecular formula is C14H11F3N2O3S4. The van der Waals surface area contributed by atoms with Gasteiger partial charge in [-0.1, -0.05) is 35.7 Å². The van der Waals surface area contributed by atoms with Crippen molar-refractivity contribution in [3.8, 4) is 0 Å². The molecule has 12 heteroatoms. The molecule has 0 aliphatic carbocycles. The lowest BCUT2D eigenvalue weighted by molar-refractivity contribution is -0.122. The molecule has 0 radical (unpaired) electrons. The number of alkyl halides is 3. The Balaban J connectivity index is 2.04. The molecule has 140 valence electrons. The minimum absolute atomic E-state index is 0.271. The highest BCUT2D eigenvalue weighted by atomic mass is 32.2. The summed E-state index contributed by atoms with van der Waals surface area (Å²) in [6.07, 6.45) is 0. The van der Waals surface area contributed by atoms with Crippen LogP contribution in [0.3, 0.4) is 0 Å². The molecule has 0 N–H and O–H groups in total. The number of rotatable bonds is 2. The summed E-state index contributed by atoms with van der Waals surface area (Å²) >= 11 is 7.47.